The Bertz CT molecular complexity index is 716. The van der Waals surface area contributed by atoms with Crippen LogP contribution in [0.3, 0.4) is 0 Å². The van der Waals surface area contributed by atoms with Crippen LogP contribution in [0.25, 0.3) is 0 Å². The molecule has 1 atom stereocenters. The summed E-state index contributed by atoms with van der Waals surface area (Å²) >= 11 is 1.10. The standard InChI is InChI=1S/C19H24F2N2O3S.C2H6/c1-11(2)26-19(25)14-6-4-5-7-17(14)27-23-18-15(20)8-13(9-16(18)21)10-22-12(3)24;1-2/h6,8-9,11,17,23H,4-5,7,10H2,1-3H3,(H,22,24);1-2H3. The summed E-state index contributed by atoms with van der Waals surface area (Å²) < 4.78 is 36.5. The summed E-state index contributed by atoms with van der Waals surface area (Å²) in [6, 6.07) is 2.35. The minimum absolute atomic E-state index is 0.0488. The topological polar surface area (TPSA) is 67.4 Å². The summed E-state index contributed by atoms with van der Waals surface area (Å²) in [6.45, 7) is 8.93. The summed E-state index contributed by atoms with van der Waals surface area (Å²) in [4.78, 5) is 23.1. The molecule has 2 rings (SSSR count). The SMILES string of the molecule is CC.CC(=O)NCc1cc(F)c(NSC2CCCC=C2C(=O)OC(C)C)c(F)c1. The second-order valence-corrected chi connectivity index (χ2v) is 7.61. The van der Waals surface area contributed by atoms with E-state index in [2.05, 4.69) is 10.0 Å². The number of nitrogens with one attached hydrogen (secondary N) is 2. The van der Waals surface area contributed by atoms with Gasteiger partial charge in [-0.2, -0.15) is 0 Å². The third kappa shape index (κ3) is 8.04. The summed E-state index contributed by atoms with van der Waals surface area (Å²) in [5.41, 5.74) is 0.582. The van der Waals surface area contributed by atoms with Gasteiger partial charge in [0, 0.05) is 19.0 Å². The Morgan fingerprint density at radius 3 is 2.41 bits per heavy atom. The zero-order valence-corrected chi connectivity index (χ0v) is 18.4. The van der Waals surface area contributed by atoms with Gasteiger partial charge in [0.1, 0.15) is 5.69 Å². The van der Waals surface area contributed by atoms with Gasteiger partial charge in [-0.3, -0.25) is 4.79 Å². The molecule has 0 saturated carbocycles. The zero-order valence-electron chi connectivity index (χ0n) is 17.6. The fraction of sp³-hybridized carbons (Fsp3) is 0.524. The van der Waals surface area contributed by atoms with Crippen LogP contribution in [0, 0.1) is 11.6 Å². The number of hydrogen-bond donors (Lipinski definition) is 2. The number of esters is 1. The zero-order chi connectivity index (χ0) is 22.0. The van der Waals surface area contributed by atoms with Crippen LogP contribution < -0.4 is 10.0 Å². The second-order valence-electron chi connectivity index (χ2n) is 6.60. The first-order chi connectivity index (χ1) is 13.8. The van der Waals surface area contributed by atoms with Crippen LogP contribution in [0.4, 0.5) is 14.5 Å². The highest BCUT2D eigenvalue weighted by atomic mass is 32.2. The average Bonchev–Trinajstić information content (AvgIpc) is 2.67. The molecule has 1 unspecified atom stereocenters. The molecule has 0 spiro atoms. The van der Waals surface area contributed by atoms with Gasteiger partial charge in [-0.1, -0.05) is 19.9 Å². The van der Waals surface area contributed by atoms with Crippen molar-refractivity contribution in [3.8, 4) is 0 Å². The molecule has 0 radical (unpaired) electrons. The maximum absolute atomic E-state index is 14.3. The van der Waals surface area contributed by atoms with E-state index in [9.17, 15) is 18.4 Å². The van der Waals surface area contributed by atoms with Gasteiger partial charge in [-0.15, -0.1) is 0 Å². The quantitative estimate of drug-likeness (QED) is 0.466. The van der Waals surface area contributed by atoms with Gasteiger partial charge in [0.25, 0.3) is 0 Å². The van der Waals surface area contributed by atoms with Crippen molar-refractivity contribution < 1.29 is 23.1 Å². The van der Waals surface area contributed by atoms with E-state index in [1.807, 2.05) is 19.9 Å². The summed E-state index contributed by atoms with van der Waals surface area (Å²) in [7, 11) is 0. The maximum atomic E-state index is 14.3. The molecule has 0 fully saturated rings. The number of amides is 1. The van der Waals surface area contributed by atoms with E-state index in [0.717, 1.165) is 24.8 Å². The van der Waals surface area contributed by atoms with Gasteiger partial charge in [-0.25, -0.2) is 13.6 Å². The Kier molecular flexibility index (Phi) is 10.7. The number of rotatable bonds is 7. The number of halogens is 2. The van der Waals surface area contributed by atoms with Gasteiger partial charge in [0.2, 0.25) is 5.91 Å². The first-order valence-electron chi connectivity index (χ1n) is 9.83. The monoisotopic (exact) mass is 428 g/mol. The van der Waals surface area contributed by atoms with Crippen LogP contribution in [0.15, 0.2) is 23.8 Å². The molecule has 0 aromatic heterocycles. The van der Waals surface area contributed by atoms with Crippen molar-refractivity contribution in [1.82, 2.24) is 5.32 Å². The summed E-state index contributed by atoms with van der Waals surface area (Å²) in [5, 5.41) is 2.25. The predicted molar refractivity (Wildman–Crippen MR) is 113 cm³/mol. The summed E-state index contributed by atoms with van der Waals surface area (Å²) in [6.07, 6.45) is 3.97. The lowest BCUT2D eigenvalue weighted by Crippen LogP contribution is -2.24. The molecule has 1 aromatic rings. The number of carbonyl (C=O) groups excluding carboxylic acids is 2. The summed E-state index contributed by atoms with van der Waals surface area (Å²) in [5.74, 6) is -2.18. The molecule has 162 valence electrons. The highest BCUT2D eigenvalue weighted by Gasteiger charge is 2.27. The average molecular weight is 429 g/mol. The molecule has 1 aromatic carbocycles. The highest BCUT2D eigenvalue weighted by molar-refractivity contribution is 8.01. The molecule has 0 bridgehead atoms. The lowest BCUT2D eigenvalue weighted by Gasteiger charge is -2.24. The van der Waals surface area contributed by atoms with Gasteiger partial charge in [0.15, 0.2) is 11.6 Å². The normalized spacial score (nSPS) is 15.7. The first-order valence-corrected chi connectivity index (χ1v) is 10.7. The number of benzene rings is 1. The van der Waals surface area contributed by atoms with E-state index >= 15 is 0 Å². The molecule has 1 amide bonds. The van der Waals surface area contributed by atoms with Crippen molar-refractivity contribution in [2.24, 2.45) is 0 Å². The van der Waals surface area contributed by atoms with E-state index < -0.39 is 17.6 Å². The fourth-order valence-corrected chi connectivity index (χ4v) is 3.71. The Morgan fingerprint density at radius 1 is 1.24 bits per heavy atom. The molecule has 0 heterocycles. The Balaban J connectivity index is 0.00000204. The number of carbonyl (C=O) groups is 2. The Hall–Kier alpha value is -2.09. The van der Waals surface area contributed by atoms with Gasteiger partial charge >= 0.3 is 5.97 Å². The van der Waals surface area contributed by atoms with Crippen molar-refractivity contribution in [2.75, 3.05) is 4.72 Å². The molecule has 2 N–H and O–H groups in total. The Morgan fingerprint density at radius 2 is 1.86 bits per heavy atom. The van der Waals surface area contributed by atoms with Crippen LogP contribution >= 0.6 is 11.9 Å². The first kappa shape index (κ1) is 24.9. The van der Waals surface area contributed by atoms with E-state index in [1.165, 1.54) is 19.1 Å². The van der Waals surface area contributed by atoms with Crippen molar-refractivity contribution in [1.29, 1.82) is 0 Å². The molecule has 5 nitrogen and oxygen atoms in total. The fourth-order valence-electron chi connectivity index (χ4n) is 2.65. The van der Waals surface area contributed by atoms with E-state index in [-0.39, 0.29) is 29.5 Å². The molecule has 0 saturated heterocycles. The number of ether oxygens (including phenoxy) is 1. The van der Waals surface area contributed by atoms with Crippen molar-refractivity contribution >= 4 is 29.5 Å². The van der Waals surface area contributed by atoms with E-state index in [4.69, 9.17) is 4.74 Å². The third-order valence-corrected chi connectivity index (χ3v) is 5.00. The molecule has 1 aliphatic rings. The van der Waals surface area contributed by atoms with E-state index in [1.54, 1.807) is 13.8 Å². The van der Waals surface area contributed by atoms with Gasteiger partial charge in [-0.05, 0) is 62.8 Å². The van der Waals surface area contributed by atoms with Crippen LogP contribution in [0.2, 0.25) is 0 Å². The molecule has 1 aliphatic carbocycles. The van der Waals surface area contributed by atoms with Gasteiger partial charge < -0.3 is 14.8 Å². The molecular weight excluding hydrogens is 398 g/mol. The van der Waals surface area contributed by atoms with Crippen molar-refractivity contribution in [3.63, 3.8) is 0 Å². The number of allylic oxidation sites excluding steroid dienone is 1. The van der Waals surface area contributed by atoms with Gasteiger partial charge in [0.05, 0.1) is 11.4 Å². The molecule has 8 heteroatoms. The maximum Gasteiger partial charge on any atom is 0.335 e. The smallest absolute Gasteiger partial charge is 0.335 e. The number of hydrogen-bond acceptors (Lipinski definition) is 5. The number of anilines is 1. The van der Waals surface area contributed by atoms with Crippen molar-refractivity contribution in [2.45, 2.75) is 71.8 Å². The largest absolute Gasteiger partial charge is 0.460 e. The minimum atomic E-state index is -0.756. The second kappa shape index (κ2) is 12.5. The lowest BCUT2D eigenvalue weighted by molar-refractivity contribution is -0.142. The van der Waals surface area contributed by atoms with E-state index in [0.29, 0.717) is 17.6 Å². The van der Waals surface area contributed by atoms with Crippen LogP contribution in [-0.2, 0) is 20.9 Å². The van der Waals surface area contributed by atoms with Crippen LogP contribution in [0.1, 0.15) is 59.4 Å². The van der Waals surface area contributed by atoms with Crippen molar-refractivity contribution in [3.05, 3.63) is 41.0 Å². The van der Waals surface area contributed by atoms with Crippen LogP contribution in [-0.4, -0.2) is 23.2 Å². The highest BCUT2D eigenvalue weighted by Crippen LogP contribution is 2.33. The predicted octanol–water partition coefficient (Wildman–Crippen LogP) is 5.12. The minimum Gasteiger partial charge on any atom is -0.460 e. The lowest BCUT2D eigenvalue weighted by atomic mass is 9.99. The third-order valence-electron chi connectivity index (χ3n) is 3.91. The molecule has 29 heavy (non-hydrogen) atoms. The molecular formula is C21H30F2N2O3S. The van der Waals surface area contributed by atoms with Crippen LogP contribution in [0.5, 0.6) is 0 Å². The molecule has 0 aliphatic heterocycles. The Labute approximate surface area is 175 Å².